The van der Waals surface area contributed by atoms with Crippen LogP contribution >= 0.6 is 0 Å². The SMILES string of the molecule is O=C(O)C[C@@H](CCCC1CCCCC1)c1nc(C2CNC2)no1. The Labute approximate surface area is 137 Å². The minimum Gasteiger partial charge on any atom is -0.481 e. The summed E-state index contributed by atoms with van der Waals surface area (Å²) in [5.41, 5.74) is 0. The zero-order valence-corrected chi connectivity index (χ0v) is 13.7. The fraction of sp³-hybridized carbons (Fsp3) is 0.824. The molecule has 2 fully saturated rings. The highest BCUT2D eigenvalue weighted by molar-refractivity contribution is 5.67. The van der Waals surface area contributed by atoms with Crippen molar-refractivity contribution < 1.29 is 14.4 Å². The normalized spacial score (nSPS) is 21.0. The van der Waals surface area contributed by atoms with Gasteiger partial charge in [-0.2, -0.15) is 4.98 Å². The van der Waals surface area contributed by atoms with Crippen LogP contribution in [-0.4, -0.2) is 34.3 Å². The van der Waals surface area contributed by atoms with Gasteiger partial charge in [0.25, 0.3) is 0 Å². The molecule has 1 aliphatic heterocycles. The van der Waals surface area contributed by atoms with Crippen LogP contribution in [0.2, 0.25) is 0 Å². The fourth-order valence-electron chi connectivity index (χ4n) is 3.70. The number of aliphatic carboxylic acids is 1. The molecule has 1 atom stereocenters. The third-order valence-electron chi connectivity index (χ3n) is 5.26. The monoisotopic (exact) mass is 321 g/mol. The van der Waals surface area contributed by atoms with Crippen LogP contribution in [0.15, 0.2) is 4.52 Å². The van der Waals surface area contributed by atoms with Crippen LogP contribution < -0.4 is 5.32 Å². The van der Waals surface area contributed by atoms with Gasteiger partial charge in [0, 0.05) is 24.9 Å². The summed E-state index contributed by atoms with van der Waals surface area (Å²) in [4.78, 5) is 15.6. The summed E-state index contributed by atoms with van der Waals surface area (Å²) >= 11 is 0. The van der Waals surface area contributed by atoms with Crippen molar-refractivity contribution in [2.24, 2.45) is 5.92 Å². The minimum atomic E-state index is -0.794. The third-order valence-corrected chi connectivity index (χ3v) is 5.26. The van der Waals surface area contributed by atoms with Gasteiger partial charge in [0.05, 0.1) is 6.42 Å². The Kier molecular flexibility index (Phi) is 5.65. The molecule has 0 radical (unpaired) electrons. The van der Waals surface area contributed by atoms with Gasteiger partial charge >= 0.3 is 5.97 Å². The van der Waals surface area contributed by atoms with Crippen LogP contribution in [0, 0.1) is 5.92 Å². The summed E-state index contributed by atoms with van der Waals surface area (Å²) in [7, 11) is 0. The van der Waals surface area contributed by atoms with Gasteiger partial charge in [-0.05, 0) is 12.3 Å². The first-order valence-corrected chi connectivity index (χ1v) is 8.98. The Balaban J connectivity index is 1.53. The number of carbonyl (C=O) groups is 1. The van der Waals surface area contributed by atoms with Crippen molar-refractivity contribution >= 4 is 5.97 Å². The molecule has 0 spiro atoms. The molecule has 2 aliphatic rings. The Morgan fingerprint density at radius 2 is 2.09 bits per heavy atom. The molecule has 2 heterocycles. The maximum Gasteiger partial charge on any atom is 0.304 e. The first-order chi connectivity index (χ1) is 11.2. The maximum atomic E-state index is 11.2. The second-order valence-corrected chi connectivity index (χ2v) is 7.08. The van der Waals surface area contributed by atoms with Crippen molar-refractivity contribution in [3.8, 4) is 0 Å². The zero-order valence-electron chi connectivity index (χ0n) is 13.7. The van der Waals surface area contributed by atoms with Crippen molar-refractivity contribution in [2.45, 2.75) is 69.6 Å². The molecule has 1 aromatic rings. The highest BCUT2D eigenvalue weighted by Gasteiger charge is 2.28. The average Bonchev–Trinajstić information content (AvgIpc) is 2.94. The molecule has 0 aromatic carbocycles. The maximum absolute atomic E-state index is 11.2. The molecule has 6 nitrogen and oxygen atoms in total. The molecule has 0 amide bonds. The number of rotatable bonds is 8. The molecule has 0 unspecified atom stereocenters. The quantitative estimate of drug-likeness (QED) is 0.765. The van der Waals surface area contributed by atoms with Gasteiger partial charge in [0.1, 0.15) is 0 Å². The lowest BCUT2D eigenvalue weighted by Crippen LogP contribution is -2.40. The summed E-state index contributed by atoms with van der Waals surface area (Å²) in [6.45, 7) is 1.76. The van der Waals surface area contributed by atoms with Crippen molar-refractivity contribution in [1.82, 2.24) is 15.5 Å². The number of nitrogens with one attached hydrogen (secondary N) is 1. The van der Waals surface area contributed by atoms with Crippen LogP contribution in [0.3, 0.4) is 0 Å². The van der Waals surface area contributed by atoms with E-state index in [0.29, 0.717) is 11.8 Å². The third kappa shape index (κ3) is 4.53. The molecule has 0 bridgehead atoms. The molecule has 6 heteroatoms. The predicted molar refractivity (Wildman–Crippen MR) is 85.3 cm³/mol. The van der Waals surface area contributed by atoms with E-state index in [0.717, 1.165) is 37.7 Å². The molecular formula is C17H27N3O3. The smallest absolute Gasteiger partial charge is 0.304 e. The first-order valence-electron chi connectivity index (χ1n) is 8.98. The van der Waals surface area contributed by atoms with Crippen molar-refractivity contribution in [1.29, 1.82) is 0 Å². The molecule has 128 valence electrons. The number of carboxylic acid groups (broad SMARTS) is 1. The van der Waals surface area contributed by atoms with E-state index >= 15 is 0 Å². The van der Waals surface area contributed by atoms with E-state index in [1.807, 2.05) is 0 Å². The zero-order chi connectivity index (χ0) is 16.1. The Hall–Kier alpha value is -1.43. The number of aromatic nitrogens is 2. The predicted octanol–water partition coefficient (Wildman–Crippen LogP) is 3.07. The fourth-order valence-corrected chi connectivity index (χ4v) is 3.70. The van der Waals surface area contributed by atoms with E-state index in [-0.39, 0.29) is 12.3 Å². The molecule has 2 N–H and O–H groups in total. The van der Waals surface area contributed by atoms with E-state index in [2.05, 4.69) is 15.5 Å². The topological polar surface area (TPSA) is 88.2 Å². The summed E-state index contributed by atoms with van der Waals surface area (Å²) in [5.74, 6) is 1.44. The van der Waals surface area contributed by atoms with Gasteiger partial charge in [0.15, 0.2) is 5.82 Å². The highest BCUT2D eigenvalue weighted by atomic mass is 16.5. The van der Waals surface area contributed by atoms with Crippen LogP contribution in [0.4, 0.5) is 0 Å². The molecule has 1 aromatic heterocycles. The van der Waals surface area contributed by atoms with Gasteiger partial charge in [-0.1, -0.05) is 50.1 Å². The van der Waals surface area contributed by atoms with Gasteiger partial charge in [-0.3, -0.25) is 4.79 Å². The summed E-state index contributed by atoms with van der Waals surface area (Å²) < 4.78 is 5.37. The Bertz CT molecular complexity index is 507. The molecule has 1 aliphatic carbocycles. The van der Waals surface area contributed by atoms with Gasteiger partial charge in [-0.25, -0.2) is 0 Å². The lowest BCUT2D eigenvalue weighted by Gasteiger charge is -2.23. The number of hydrogen-bond donors (Lipinski definition) is 2. The summed E-state index contributed by atoms with van der Waals surface area (Å²) in [6.07, 6.45) is 9.90. The Morgan fingerprint density at radius 1 is 1.30 bits per heavy atom. The molecular weight excluding hydrogens is 294 g/mol. The van der Waals surface area contributed by atoms with E-state index in [4.69, 9.17) is 9.63 Å². The van der Waals surface area contributed by atoms with Crippen molar-refractivity contribution in [3.63, 3.8) is 0 Å². The van der Waals surface area contributed by atoms with E-state index in [1.165, 1.54) is 38.5 Å². The van der Waals surface area contributed by atoms with Crippen LogP contribution in [0.5, 0.6) is 0 Å². The standard InChI is InChI=1S/C17H27N3O3/c21-15(22)9-13(8-4-7-12-5-2-1-3-6-12)17-19-16(20-23-17)14-10-18-11-14/h12-14,18H,1-11H2,(H,21,22)/t13-/m1/s1. The van der Waals surface area contributed by atoms with E-state index in [1.54, 1.807) is 0 Å². The molecule has 1 saturated carbocycles. The van der Waals surface area contributed by atoms with Crippen LogP contribution in [0.25, 0.3) is 0 Å². The number of carboxylic acids is 1. The lowest BCUT2D eigenvalue weighted by molar-refractivity contribution is -0.137. The van der Waals surface area contributed by atoms with Gasteiger partial charge < -0.3 is 14.9 Å². The lowest BCUT2D eigenvalue weighted by atomic mass is 9.84. The number of hydrogen-bond acceptors (Lipinski definition) is 5. The molecule has 23 heavy (non-hydrogen) atoms. The Morgan fingerprint density at radius 3 is 2.74 bits per heavy atom. The molecule has 1 saturated heterocycles. The largest absolute Gasteiger partial charge is 0.481 e. The van der Waals surface area contributed by atoms with Gasteiger partial charge in [0.2, 0.25) is 5.89 Å². The van der Waals surface area contributed by atoms with Crippen LogP contribution in [0.1, 0.15) is 81.3 Å². The second kappa shape index (κ2) is 7.90. The first kappa shape index (κ1) is 16.4. The van der Waals surface area contributed by atoms with E-state index < -0.39 is 5.97 Å². The van der Waals surface area contributed by atoms with E-state index in [9.17, 15) is 4.79 Å². The molecule has 3 rings (SSSR count). The summed E-state index contributed by atoms with van der Waals surface area (Å²) in [6, 6.07) is 0. The average molecular weight is 321 g/mol. The van der Waals surface area contributed by atoms with Crippen molar-refractivity contribution in [2.75, 3.05) is 13.1 Å². The van der Waals surface area contributed by atoms with Crippen molar-refractivity contribution in [3.05, 3.63) is 11.7 Å². The summed E-state index contributed by atoms with van der Waals surface area (Å²) in [5, 5.41) is 16.4. The highest BCUT2D eigenvalue weighted by Crippen LogP contribution is 2.31. The van der Waals surface area contributed by atoms with Crippen LogP contribution in [-0.2, 0) is 4.79 Å². The second-order valence-electron chi connectivity index (χ2n) is 7.08. The van der Waals surface area contributed by atoms with Gasteiger partial charge in [-0.15, -0.1) is 0 Å². The minimum absolute atomic E-state index is 0.0786. The number of nitrogens with zero attached hydrogens (tertiary/aromatic N) is 2.